The standard InChI is InChI=1S/C37H52ClF3N6O/c1-44-14-7-28(8-15-44)29-9-17-46(18-10-29)25-26(22-27-23-32(37(39,40)41)35(42)33(38)24-27)6-16-45-19-12-31(13-20-45)47-21-11-30-4-2-3-5-34(30)43-36(47)48/h2-5,23-24,26,28-29,31H,6-22,25,42H2,1H3,(H,43,48)/t26-/m1/s1. The zero-order valence-corrected chi connectivity index (χ0v) is 29.0. The van der Waals surface area contributed by atoms with Crippen molar-refractivity contribution in [2.24, 2.45) is 17.8 Å². The first-order valence-corrected chi connectivity index (χ1v) is 18.3. The molecule has 0 aromatic heterocycles. The van der Waals surface area contributed by atoms with Gasteiger partial charge < -0.3 is 30.7 Å². The van der Waals surface area contributed by atoms with Crippen LogP contribution in [0.1, 0.15) is 61.6 Å². The molecule has 4 heterocycles. The van der Waals surface area contributed by atoms with E-state index < -0.39 is 17.4 Å². The molecule has 4 aliphatic rings. The highest BCUT2D eigenvalue weighted by Crippen LogP contribution is 2.39. The van der Waals surface area contributed by atoms with Gasteiger partial charge in [-0.25, -0.2) is 4.79 Å². The number of hydrogen-bond donors (Lipinski definition) is 2. The maximum Gasteiger partial charge on any atom is 0.418 e. The van der Waals surface area contributed by atoms with Crippen LogP contribution in [0.25, 0.3) is 0 Å². The second kappa shape index (κ2) is 15.6. The number of nitrogen functional groups attached to an aromatic ring is 1. The number of nitrogens with two attached hydrogens (primary N) is 1. The molecule has 48 heavy (non-hydrogen) atoms. The van der Waals surface area contributed by atoms with E-state index in [9.17, 15) is 18.0 Å². The molecule has 3 saturated heterocycles. The number of hydrogen-bond acceptors (Lipinski definition) is 5. The van der Waals surface area contributed by atoms with Crippen molar-refractivity contribution in [3.8, 4) is 0 Å². The van der Waals surface area contributed by atoms with Crippen LogP contribution < -0.4 is 11.1 Å². The highest BCUT2D eigenvalue weighted by Gasteiger charge is 2.35. The van der Waals surface area contributed by atoms with E-state index in [0.717, 1.165) is 82.5 Å². The van der Waals surface area contributed by atoms with Crippen molar-refractivity contribution in [1.29, 1.82) is 0 Å². The van der Waals surface area contributed by atoms with Gasteiger partial charge in [0.2, 0.25) is 0 Å². The predicted octanol–water partition coefficient (Wildman–Crippen LogP) is 7.10. The van der Waals surface area contributed by atoms with Gasteiger partial charge in [0, 0.05) is 37.9 Å². The van der Waals surface area contributed by atoms with E-state index in [1.807, 2.05) is 23.1 Å². The number of nitrogens with one attached hydrogen (secondary N) is 1. The van der Waals surface area contributed by atoms with Crippen LogP contribution in [0.4, 0.5) is 29.3 Å². The van der Waals surface area contributed by atoms with Gasteiger partial charge in [-0.1, -0.05) is 29.8 Å². The molecule has 1 atom stereocenters. The summed E-state index contributed by atoms with van der Waals surface area (Å²) in [7, 11) is 2.21. The summed E-state index contributed by atoms with van der Waals surface area (Å²) in [5.74, 6) is 1.79. The molecule has 11 heteroatoms. The molecule has 3 fully saturated rings. The molecule has 0 radical (unpaired) electrons. The van der Waals surface area contributed by atoms with Gasteiger partial charge >= 0.3 is 12.2 Å². The first-order chi connectivity index (χ1) is 23.0. The lowest BCUT2D eigenvalue weighted by atomic mass is 9.78. The Balaban J connectivity index is 1.06. The molecule has 2 aromatic rings. The van der Waals surface area contributed by atoms with Gasteiger partial charge in [-0.3, -0.25) is 0 Å². The molecule has 0 saturated carbocycles. The lowest BCUT2D eigenvalue weighted by molar-refractivity contribution is -0.137. The fourth-order valence-electron chi connectivity index (χ4n) is 8.65. The summed E-state index contributed by atoms with van der Waals surface area (Å²) >= 11 is 6.24. The fourth-order valence-corrected chi connectivity index (χ4v) is 8.89. The van der Waals surface area contributed by atoms with Crippen LogP contribution in [0, 0.1) is 17.8 Å². The molecule has 2 aromatic carbocycles. The summed E-state index contributed by atoms with van der Waals surface area (Å²) in [6, 6.07) is 11.0. The number of likely N-dealkylation sites (tertiary alicyclic amines) is 3. The van der Waals surface area contributed by atoms with Crippen LogP contribution in [0.15, 0.2) is 36.4 Å². The van der Waals surface area contributed by atoms with Crippen LogP contribution >= 0.6 is 11.6 Å². The van der Waals surface area contributed by atoms with Gasteiger partial charge in [0.05, 0.1) is 16.3 Å². The van der Waals surface area contributed by atoms with Crippen LogP contribution in [-0.2, 0) is 19.0 Å². The van der Waals surface area contributed by atoms with E-state index in [4.69, 9.17) is 17.3 Å². The number of nitrogens with zero attached hydrogens (tertiary/aromatic N) is 4. The van der Waals surface area contributed by atoms with Crippen molar-refractivity contribution < 1.29 is 18.0 Å². The average molecular weight is 689 g/mol. The molecular formula is C37H52ClF3N6O. The number of benzene rings is 2. The first-order valence-electron chi connectivity index (χ1n) is 18.0. The minimum atomic E-state index is -4.55. The molecule has 0 aliphatic carbocycles. The summed E-state index contributed by atoms with van der Waals surface area (Å²) in [4.78, 5) is 22.5. The lowest BCUT2D eigenvalue weighted by Gasteiger charge is -2.41. The number of anilines is 2. The number of rotatable bonds is 9. The number of carbonyl (C=O) groups excluding carboxylic acids is 1. The Kier molecular flexibility index (Phi) is 11.4. The van der Waals surface area contributed by atoms with Gasteiger partial charge in [0.25, 0.3) is 0 Å². The fraction of sp³-hybridized carbons (Fsp3) is 0.649. The summed E-state index contributed by atoms with van der Waals surface area (Å²) in [6.07, 6.45) is 4.54. The number of alkyl halides is 3. The zero-order valence-electron chi connectivity index (χ0n) is 28.3. The molecule has 3 N–H and O–H groups in total. The summed E-state index contributed by atoms with van der Waals surface area (Å²) in [5.41, 5.74) is 7.20. The quantitative estimate of drug-likeness (QED) is 0.275. The topological polar surface area (TPSA) is 68.1 Å². The van der Waals surface area contributed by atoms with E-state index >= 15 is 0 Å². The Labute approximate surface area is 288 Å². The Hall–Kier alpha value is -2.53. The van der Waals surface area contributed by atoms with E-state index in [2.05, 4.69) is 33.1 Å². The minimum Gasteiger partial charge on any atom is -0.397 e. The highest BCUT2D eigenvalue weighted by atomic mass is 35.5. The number of para-hydroxylation sites is 1. The second-order valence-corrected chi connectivity index (χ2v) is 15.2. The van der Waals surface area contributed by atoms with Gasteiger partial charge in [-0.15, -0.1) is 0 Å². The minimum absolute atomic E-state index is 0.0153. The second-order valence-electron chi connectivity index (χ2n) is 14.8. The molecule has 264 valence electrons. The SMILES string of the molecule is CN1CCC(C2CCN(C[C@H](CCN3CCC(N4CCc5ccccc5NC4=O)CC3)Cc3cc(Cl)c(N)c(C(F)(F)F)c3)CC2)CC1. The molecule has 0 bridgehead atoms. The van der Waals surface area contributed by atoms with Crippen molar-refractivity contribution in [3.63, 3.8) is 0 Å². The Morgan fingerprint density at radius 2 is 1.56 bits per heavy atom. The van der Waals surface area contributed by atoms with Crippen molar-refractivity contribution in [2.75, 3.05) is 77.0 Å². The van der Waals surface area contributed by atoms with Gasteiger partial charge in [0.15, 0.2) is 0 Å². The first kappa shape index (κ1) is 35.3. The summed E-state index contributed by atoms with van der Waals surface area (Å²) in [5, 5.41) is 3.08. The van der Waals surface area contributed by atoms with Crippen LogP contribution in [-0.4, -0.2) is 97.6 Å². The maximum absolute atomic E-state index is 13.8. The number of carbonyl (C=O) groups is 1. The molecule has 4 aliphatic heterocycles. The normalized spacial score (nSPS) is 22.4. The highest BCUT2D eigenvalue weighted by molar-refractivity contribution is 6.33. The van der Waals surface area contributed by atoms with Crippen molar-refractivity contribution in [2.45, 2.75) is 70.0 Å². The number of amides is 2. The third kappa shape index (κ3) is 8.79. The van der Waals surface area contributed by atoms with Crippen molar-refractivity contribution in [1.82, 2.24) is 19.6 Å². The van der Waals surface area contributed by atoms with Crippen LogP contribution in [0.3, 0.4) is 0 Å². The number of halogens is 4. The molecular weight excluding hydrogens is 637 g/mol. The average Bonchev–Trinajstić information content (AvgIpc) is 3.23. The summed E-state index contributed by atoms with van der Waals surface area (Å²) in [6.45, 7) is 8.76. The molecule has 7 nitrogen and oxygen atoms in total. The number of urea groups is 1. The van der Waals surface area contributed by atoms with E-state index in [1.165, 1.54) is 50.4 Å². The zero-order chi connectivity index (χ0) is 33.8. The smallest absolute Gasteiger partial charge is 0.397 e. The van der Waals surface area contributed by atoms with Crippen LogP contribution in [0.5, 0.6) is 0 Å². The third-order valence-electron chi connectivity index (χ3n) is 11.6. The molecule has 0 spiro atoms. The number of fused-ring (bicyclic) bond motifs is 1. The van der Waals surface area contributed by atoms with E-state index in [0.29, 0.717) is 18.5 Å². The van der Waals surface area contributed by atoms with E-state index in [1.54, 1.807) is 6.07 Å². The summed E-state index contributed by atoms with van der Waals surface area (Å²) < 4.78 is 41.5. The largest absolute Gasteiger partial charge is 0.418 e. The third-order valence-corrected chi connectivity index (χ3v) is 11.9. The predicted molar refractivity (Wildman–Crippen MR) is 187 cm³/mol. The number of piperidine rings is 3. The van der Waals surface area contributed by atoms with Crippen molar-refractivity contribution >= 4 is 29.0 Å². The Morgan fingerprint density at radius 1 is 0.917 bits per heavy atom. The molecule has 2 amide bonds. The Bertz CT molecular complexity index is 1380. The molecule has 0 unspecified atom stereocenters. The molecule has 6 rings (SSSR count). The Morgan fingerprint density at radius 3 is 2.25 bits per heavy atom. The van der Waals surface area contributed by atoms with Crippen molar-refractivity contribution in [3.05, 3.63) is 58.1 Å². The lowest BCUT2D eigenvalue weighted by Crippen LogP contribution is -2.49. The van der Waals surface area contributed by atoms with Gasteiger partial charge in [-0.05, 0) is 145 Å². The van der Waals surface area contributed by atoms with E-state index in [-0.39, 0.29) is 23.0 Å². The van der Waals surface area contributed by atoms with Gasteiger partial charge in [-0.2, -0.15) is 13.2 Å². The monoisotopic (exact) mass is 688 g/mol. The maximum atomic E-state index is 13.8. The van der Waals surface area contributed by atoms with Crippen LogP contribution in [0.2, 0.25) is 5.02 Å². The van der Waals surface area contributed by atoms with Gasteiger partial charge in [0.1, 0.15) is 0 Å².